The van der Waals surface area contributed by atoms with Gasteiger partial charge in [0.2, 0.25) is 0 Å². The lowest BCUT2D eigenvalue weighted by molar-refractivity contribution is 0.0947. The van der Waals surface area contributed by atoms with E-state index in [-0.39, 0.29) is 5.56 Å². The smallest absolute Gasteiger partial charge is 0.349 e. The van der Waals surface area contributed by atoms with E-state index in [9.17, 15) is 9.59 Å². The molecule has 0 unspecified atom stereocenters. The highest BCUT2D eigenvalue weighted by Crippen LogP contribution is 2.41. The molecular formula is C17H14N2O3S. The molecule has 0 spiro atoms. The van der Waals surface area contributed by atoms with Crippen molar-refractivity contribution in [3.05, 3.63) is 62.4 Å². The van der Waals surface area contributed by atoms with Gasteiger partial charge in [-0.25, -0.2) is 9.78 Å². The summed E-state index contributed by atoms with van der Waals surface area (Å²) in [7, 11) is 0. The lowest BCUT2D eigenvalue weighted by atomic mass is 10.2. The molecule has 0 saturated heterocycles. The quantitative estimate of drug-likeness (QED) is 0.748. The molecule has 0 bridgehead atoms. The van der Waals surface area contributed by atoms with Crippen molar-refractivity contribution in [3.63, 3.8) is 0 Å². The maximum atomic E-state index is 12.2. The summed E-state index contributed by atoms with van der Waals surface area (Å²) in [5.74, 6) is 0.169. The van der Waals surface area contributed by atoms with Crippen molar-refractivity contribution in [2.45, 2.75) is 25.3 Å². The summed E-state index contributed by atoms with van der Waals surface area (Å²) >= 11 is 1.63. The Hall–Kier alpha value is -2.47. The number of carbonyl (C=O) groups excluding carboxylic acids is 1. The van der Waals surface area contributed by atoms with Crippen molar-refractivity contribution in [2.24, 2.45) is 0 Å². The highest BCUT2D eigenvalue weighted by Gasteiger charge is 2.26. The molecule has 6 heteroatoms. The van der Waals surface area contributed by atoms with E-state index in [1.54, 1.807) is 35.6 Å². The summed E-state index contributed by atoms with van der Waals surface area (Å²) in [5.41, 5.74) is 0.692. The van der Waals surface area contributed by atoms with Gasteiger partial charge in [0.1, 0.15) is 11.1 Å². The second-order valence-electron chi connectivity index (χ2n) is 5.62. The van der Waals surface area contributed by atoms with Crippen molar-refractivity contribution >= 4 is 28.2 Å². The van der Waals surface area contributed by atoms with Crippen LogP contribution in [0.4, 0.5) is 0 Å². The number of nitrogens with one attached hydrogen (secondary N) is 1. The zero-order valence-corrected chi connectivity index (χ0v) is 13.1. The lowest BCUT2D eigenvalue weighted by Gasteiger charge is -2.03. The molecule has 3 aromatic rings. The summed E-state index contributed by atoms with van der Waals surface area (Å²) in [5, 5.41) is 6.56. The van der Waals surface area contributed by atoms with Crippen molar-refractivity contribution in [1.82, 2.24) is 10.3 Å². The number of hydrogen-bond donors (Lipinski definition) is 1. The number of aromatic nitrogens is 1. The van der Waals surface area contributed by atoms with Crippen LogP contribution in [-0.2, 0) is 6.54 Å². The third kappa shape index (κ3) is 2.90. The topological polar surface area (TPSA) is 72.2 Å². The van der Waals surface area contributed by atoms with E-state index in [0.29, 0.717) is 18.0 Å². The molecular weight excluding hydrogens is 312 g/mol. The molecule has 1 N–H and O–H groups in total. The Morgan fingerprint density at radius 2 is 2.17 bits per heavy atom. The Bertz CT molecular complexity index is 940. The molecule has 2 heterocycles. The lowest BCUT2D eigenvalue weighted by Crippen LogP contribution is -2.27. The van der Waals surface area contributed by atoms with Crippen molar-refractivity contribution < 1.29 is 9.21 Å². The molecule has 2 aromatic heterocycles. The van der Waals surface area contributed by atoms with Crippen LogP contribution in [0.2, 0.25) is 0 Å². The van der Waals surface area contributed by atoms with Crippen LogP contribution in [0.15, 0.2) is 44.9 Å². The van der Waals surface area contributed by atoms with E-state index >= 15 is 0 Å². The van der Waals surface area contributed by atoms with Crippen molar-refractivity contribution in [1.29, 1.82) is 0 Å². The summed E-state index contributed by atoms with van der Waals surface area (Å²) in [6.07, 6.45) is 2.41. The summed E-state index contributed by atoms with van der Waals surface area (Å²) in [4.78, 5) is 28.7. The molecule has 0 aliphatic heterocycles. The van der Waals surface area contributed by atoms with E-state index in [4.69, 9.17) is 4.42 Å². The minimum atomic E-state index is -0.627. The van der Waals surface area contributed by atoms with Crippen LogP contribution in [-0.4, -0.2) is 10.9 Å². The average molecular weight is 326 g/mol. The molecule has 4 rings (SSSR count). The SMILES string of the molecule is O=C(NCc1csc(C2CC2)n1)c1cc2ccccc2oc1=O. The molecule has 0 atom stereocenters. The normalized spacial score (nSPS) is 14.1. The zero-order valence-electron chi connectivity index (χ0n) is 12.2. The second-order valence-corrected chi connectivity index (χ2v) is 6.51. The van der Waals surface area contributed by atoms with Crippen LogP contribution in [0.3, 0.4) is 0 Å². The molecule has 1 amide bonds. The standard InChI is InChI=1S/C17H14N2O3S/c20-15(18-8-12-9-23-16(19-12)10-5-6-10)13-7-11-3-1-2-4-14(11)22-17(13)21/h1-4,7,9-10H,5-6,8H2,(H,18,20). The number of para-hydroxylation sites is 1. The molecule has 116 valence electrons. The molecule has 23 heavy (non-hydrogen) atoms. The van der Waals surface area contributed by atoms with E-state index in [1.807, 2.05) is 11.4 Å². The second kappa shape index (κ2) is 5.62. The first-order valence-electron chi connectivity index (χ1n) is 7.46. The molecule has 1 saturated carbocycles. The van der Waals surface area contributed by atoms with Gasteiger partial charge < -0.3 is 9.73 Å². The van der Waals surface area contributed by atoms with Crippen LogP contribution in [0.25, 0.3) is 11.0 Å². The molecule has 0 radical (unpaired) electrons. The maximum absolute atomic E-state index is 12.2. The Labute approximate surface area is 136 Å². The average Bonchev–Trinajstić information content (AvgIpc) is 3.30. The molecule has 1 aromatic carbocycles. The van der Waals surface area contributed by atoms with Gasteiger partial charge in [0.05, 0.1) is 17.2 Å². The minimum absolute atomic E-state index is 0.0151. The first kappa shape index (κ1) is 14.1. The Morgan fingerprint density at radius 3 is 3.00 bits per heavy atom. The summed E-state index contributed by atoms with van der Waals surface area (Å²) in [6.45, 7) is 0.314. The number of carbonyl (C=O) groups is 1. The fourth-order valence-electron chi connectivity index (χ4n) is 2.41. The van der Waals surface area contributed by atoms with Crippen LogP contribution in [0.1, 0.15) is 39.8 Å². The number of benzene rings is 1. The van der Waals surface area contributed by atoms with Crippen LogP contribution in [0, 0.1) is 0 Å². The van der Waals surface area contributed by atoms with Gasteiger partial charge in [0, 0.05) is 16.7 Å². The van der Waals surface area contributed by atoms with Gasteiger partial charge in [-0.15, -0.1) is 11.3 Å². The zero-order chi connectivity index (χ0) is 15.8. The third-order valence-electron chi connectivity index (χ3n) is 3.81. The van der Waals surface area contributed by atoms with Crippen LogP contribution in [0.5, 0.6) is 0 Å². The molecule has 5 nitrogen and oxygen atoms in total. The Balaban J connectivity index is 1.51. The van der Waals surface area contributed by atoms with Crippen LogP contribution >= 0.6 is 11.3 Å². The number of rotatable bonds is 4. The monoisotopic (exact) mass is 326 g/mol. The highest BCUT2D eigenvalue weighted by atomic mass is 32.1. The molecule has 1 fully saturated rings. The third-order valence-corrected chi connectivity index (χ3v) is 4.87. The van der Waals surface area contributed by atoms with Crippen LogP contribution < -0.4 is 10.9 Å². The van der Waals surface area contributed by atoms with Gasteiger partial charge in [-0.2, -0.15) is 0 Å². The number of nitrogens with zero attached hydrogens (tertiary/aromatic N) is 1. The molecule has 1 aliphatic carbocycles. The van der Waals surface area contributed by atoms with Gasteiger partial charge in [0.25, 0.3) is 5.91 Å². The van der Waals surface area contributed by atoms with Crippen molar-refractivity contribution in [3.8, 4) is 0 Å². The van der Waals surface area contributed by atoms with Gasteiger partial charge in [-0.05, 0) is 25.0 Å². The maximum Gasteiger partial charge on any atom is 0.349 e. The Kier molecular flexibility index (Phi) is 3.46. The molecule has 1 aliphatic rings. The van der Waals surface area contributed by atoms with E-state index in [2.05, 4.69) is 10.3 Å². The number of hydrogen-bond acceptors (Lipinski definition) is 5. The largest absolute Gasteiger partial charge is 0.422 e. The van der Waals surface area contributed by atoms with Gasteiger partial charge >= 0.3 is 5.63 Å². The summed E-state index contributed by atoms with van der Waals surface area (Å²) < 4.78 is 5.18. The first-order valence-corrected chi connectivity index (χ1v) is 8.34. The number of fused-ring (bicyclic) bond motifs is 1. The van der Waals surface area contributed by atoms with Gasteiger partial charge in [0.15, 0.2) is 0 Å². The predicted molar refractivity (Wildman–Crippen MR) is 87.7 cm³/mol. The van der Waals surface area contributed by atoms with E-state index in [0.717, 1.165) is 16.1 Å². The van der Waals surface area contributed by atoms with E-state index < -0.39 is 11.5 Å². The Morgan fingerprint density at radius 1 is 1.35 bits per heavy atom. The first-order chi connectivity index (χ1) is 11.2. The number of amides is 1. The van der Waals surface area contributed by atoms with E-state index in [1.165, 1.54) is 12.8 Å². The fraction of sp³-hybridized carbons (Fsp3) is 0.235. The minimum Gasteiger partial charge on any atom is -0.422 e. The predicted octanol–water partition coefficient (Wildman–Crippen LogP) is 3.06. The van der Waals surface area contributed by atoms with Gasteiger partial charge in [-0.3, -0.25) is 4.79 Å². The van der Waals surface area contributed by atoms with Crippen molar-refractivity contribution in [2.75, 3.05) is 0 Å². The summed E-state index contributed by atoms with van der Waals surface area (Å²) in [6, 6.07) is 8.68. The fourth-order valence-corrected chi connectivity index (χ4v) is 3.40. The van der Waals surface area contributed by atoms with Gasteiger partial charge in [-0.1, -0.05) is 18.2 Å². The highest BCUT2D eigenvalue weighted by molar-refractivity contribution is 7.09. The number of thiazole rings is 1.